The molecule has 0 aliphatic rings. The lowest BCUT2D eigenvalue weighted by molar-refractivity contribution is 0.475. The third-order valence-electron chi connectivity index (χ3n) is 1.56. The molecule has 0 aliphatic carbocycles. The van der Waals surface area contributed by atoms with Crippen LogP contribution in [0.2, 0.25) is 0 Å². The number of rotatable bonds is 0. The average Bonchev–Trinajstić information content (AvgIpc) is 2.31. The van der Waals surface area contributed by atoms with Crippen molar-refractivity contribution in [2.75, 3.05) is 0 Å². The first-order valence-corrected chi connectivity index (χ1v) is 4.28. The van der Waals surface area contributed by atoms with Crippen molar-refractivity contribution in [3.8, 4) is 5.75 Å². The minimum absolute atomic E-state index is 0.0804. The van der Waals surface area contributed by atoms with Crippen LogP contribution in [0, 0.1) is 9.52 Å². The summed E-state index contributed by atoms with van der Waals surface area (Å²) in [5.74, 6) is -0.564. The van der Waals surface area contributed by atoms with Gasteiger partial charge in [-0.25, -0.2) is 4.39 Å². The van der Waals surface area contributed by atoms with E-state index in [2.05, 4.69) is 10.2 Å². The number of halogens is 2. The van der Waals surface area contributed by atoms with Gasteiger partial charge in [0.25, 0.3) is 0 Å². The molecule has 0 bridgehead atoms. The summed E-state index contributed by atoms with van der Waals surface area (Å²) in [6.07, 6.45) is 0. The third-order valence-corrected chi connectivity index (χ3v) is 2.34. The van der Waals surface area contributed by atoms with Crippen LogP contribution in [0.3, 0.4) is 0 Å². The average molecular weight is 278 g/mol. The predicted octanol–water partition coefficient (Wildman–Crippen LogP) is 2.01. The van der Waals surface area contributed by atoms with Crippen molar-refractivity contribution < 1.29 is 9.50 Å². The zero-order valence-electron chi connectivity index (χ0n) is 5.81. The van der Waals surface area contributed by atoms with Crippen LogP contribution in [0.4, 0.5) is 4.39 Å². The summed E-state index contributed by atoms with van der Waals surface area (Å²) in [5, 5.41) is 16.3. The molecule has 0 unspecified atom stereocenters. The maximum Gasteiger partial charge on any atom is 0.130 e. The number of hydrogen-bond donors (Lipinski definition) is 2. The van der Waals surface area contributed by atoms with Crippen molar-refractivity contribution in [3.05, 3.63) is 21.7 Å². The van der Waals surface area contributed by atoms with E-state index in [4.69, 9.17) is 0 Å². The van der Waals surface area contributed by atoms with E-state index in [9.17, 15) is 9.50 Å². The van der Waals surface area contributed by atoms with Crippen molar-refractivity contribution in [3.63, 3.8) is 0 Å². The van der Waals surface area contributed by atoms with Gasteiger partial charge in [0.05, 0.1) is 10.9 Å². The molecule has 0 amide bonds. The molecule has 1 heterocycles. The molecule has 0 atom stereocenters. The number of H-pyrrole nitrogens is 1. The smallest absolute Gasteiger partial charge is 0.130 e. The summed E-state index contributed by atoms with van der Waals surface area (Å²) in [7, 11) is 0. The molecule has 62 valence electrons. The van der Waals surface area contributed by atoms with Crippen LogP contribution in [0.1, 0.15) is 0 Å². The molecule has 0 fully saturated rings. The summed E-state index contributed by atoms with van der Waals surface area (Å²) in [5.41, 5.74) is 0.442. The van der Waals surface area contributed by atoms with Gasteiger partial charge in [-0.3, -0.25) is 5.10 Å². The fourth-order valence-corrected chi connectivity index (χ4v) is 1.73. The molecular formula is C7H4FIN2O. The zero-order valence-corrected chi connectivity index (χ0v) is 7.96. The number of phenolic OH excluding ortho intramolecular Hbond substituents is 1. The molecule has 0 saturated carbocycles. The molecule has 5 heteroatoms. The Labute approximate surface area is 80.7 Å². The molecule has 1 aromatic heterocycles. The van der Waals surface area contributed by atoms with Crippen LogP contribution in [0.5, 0.6) is 5.75 Å². The largest absolute Gasteiger partial charge is 0.507 e. The van der Waals surface area contributed by atoms with Crippen molar-refractivity contribution >= 4 is 33.5 Å². The number of aromatic nitrogens is 2. The van der Waals surface area contributed by atoms with Crippen LogP contribution in [-0.4, -0.2) is 15.3 Å². The summed E-state index contributed by atoms with van der Waals surface area (Å²) >= 11 is 1.99. The van der Waals surface area contributed by atoms with Gasteiger partial charge in [0.15, 0.2) is 0 Å². The topological polar surface area (TPSA) is 48.9 Å². The Morgan fingerprint density at radius 2 is 2.25 bits per heavy atom. The molecule has 12 heavy (non-hydrogen) atoms. The number of benzene rings is 1. The minimum atomic E-state index is -0.483. The zero-order chi connectivity index (χ0) is 8.72. The monoisotopic (exact) mass is 278 g/mol. The van der Waals surface area contributed by atoms with Gasteiger partial charge in [-0.2, -0.15) is 5.10 Å². The molecule has 2 aromatic rings. The molecule has 3 nitrogen and oxygen atoms in total. The molecular weight excluding hydrogens is 274 g/mol. The van der Waals surface area contributed by atoms with Crippen LogP contribution in [0.15, 0.2) is 12.1 Å². The molecule has 0 spiro atoms. The van der Waals surface area contributed by atoms with Crippen LogP contribution in [-0.2, 0) is 0 Å². The minimum Gasteiger partial charge on any atom is -0.507 e. The van der Waals surface area contributed by atoms with Gasteiger partial charge in [-0.1, -0.05) is 0 Å². The Morgan fingerprint density at radius 3 is 3.00 bits per heavy atom. The lowest BCUT2D eigenvalue weighted by Gasteiger charge is -1.93. The first kappa shape index (κ1) is 7.78. The Morgan fingerprint density at radius 1 is 1.50 bits per heavy atom. The van der Waals surface area contributed by atoms with E-state index < -0.39 is 5.82 Å². The molecule has 2 rings (SSSR count). The third kappa shape index (κ3) is 1.04. The highest BCUT2D eigenvalue weighted by molar-refractivity contribution is 14.1. The first-order chi connectivity index (χ1) is 5.68. The quantitative estimate of drug-likeness (QED) is 0.724. The highest BCUT2D eigenvalue weighted by Crippen LogP contribution is 2.27. The maximum absolute atomic E-state index is 12.7. The second-order valence-corrected chi connectivity index (χ2v) is 3.44. The maximum atomic E-state index is 12.7. The second-order valence-electron chi connectivity index (χ2n) is 2.36. The summed E-state index contributed by atoms with van der Waals surface area (Å²) in [6, 6.07) is 2.34. The van der Waals surface area contributed by atoms with E-state index in [0.29, 0.717) is 14.6 Å². The van der Waals surface area contributed by atoms with Gasteiger partial charge in [0.2, 0.25) is 0 Å². The molecule has 0 radical (unpaired) electrons. The van der Waals surface area contributed by atoms with Crippen molar-refractivity contribution in [2.24, 2.45) is 0 Å². The van der Waals surface area contributed by atoms with E-state index in [1.807, 2.05) is 22.6 Å². The second kappa shape index (κ2) is 2.58. The predicted molar refractivity (Wildman–Crippen MR) is 50.4 cm³/mol. The number of phenols is 1. The lowest BCUT2D eigenvalue weighted by Crippen LogP contribution is -1.76. The van der Waals surface area contributed by atoms with Gasteiger partial charge >= 0.3 is 0 Å². The lowest BCUT2D eigenvalue weighted by atomic mass is 10.2. The summed E-state index contributed by atoms with van der Waals surface area (Å²) < 4.78 is 13.4. The number of aromatic hydroxyl groups is 1. The van der Waals surface area contributed by atoms with E-state index >= 15 is 0 Å². The van der Waals surface area contributed by atoms with Crippen molar-refractivity contribution in [1.29, 1.82) is 0 Å². The highest BCUT2D eigenvalue weighted by Gasteiger charge is 2.08. The number of fused-ring (bicyclic) bond motifs is 1. The number of hydrogen-bond acceptors (Lipinski definition) is 2. The molecule has 1 aromatic carbocycles. The van der Waals surface area contributed by atoms with Crippen LogP contribution < -0.4 is 0 Å². The number of nitrogens with zero attached hydrogens (tertiary/aromatic N) is 1. The highest BCUT2D eigenvalue weighted by atomic mass is 127. The van der Waals surface area contributed by atoms with E-state index in [1.54, 1.807) is 0 Å². The molecule has 2 N–H and O–H groups in total. The standard InChI is InChI=1S/C7H4FIN2O/c8-3-1-4-6(5(12)2-3)7(9)11-10-4/h1-2,12H,(H,10,11). The van der Waals surface area contributed by atoms with Crippen molar-refractivity contribution in [2.45, 2.75) is 0 Å². The van der Waals surface area contributed by atoms with Gasteiger partial charge in [-0.15, -0.1) is 0 Å². The Kier molecular flexibility index (Phi) is 1.67. The first-order valence-electron chi connectivity index (χ1n) is 3.20. The Balaban J connectivity index is 2.93. The normalized spacial score (nSPS) is 10.8. The van der Waals surface area contributed by atoms with Crippen LogP contribution in [0.25, 0.3) is 10.9 Å². The van der Waals surface area contributed by atoms with Crippen molar-refractivity contribution in [1.82, 2.24) is 10.2 Å². The van der Waals surface area contributed by atoms with E-state index in [0.717, 1.165) is 6.07 Å². The van der Waals surface area contributed by atoms with E-state index in [-0.39, 0.29) is 5.75 Å². The molecule has 0 saturated heterocycles. The fraction of sp³-hybridized carbons (Fsp3) is 0. The fourth-order valence-electron chi connectivity index (χ4n) is 1.06. The summed E-state index contributed by atoms with van der Waals surface area (Å²) in [6.45, 7) is 0. The Bertz CT molecular complexity index is 440. The van der Waals surface area contributed by atoms with Gasteiger partial charge in [0.1, 0.15) is 15.3 Å². The number of aromatic amines is 1. The Hall–Kier alpha value is -0.850. The van der Waals surface area contributed by atoms with Gasteiger partial charge < -0.3 is 5.11 Å². The summed E-state index contributed by atoms with van der Waals surface area (Å²) in [4.78, 5) is 0. The molecule has 0 aliphatic heterocycles. The SMILES string of the molecule is Oc1cc(F)cc2n[nH]c(I)c12. The van der Waals surface area contributed by atoms with Gasteiger partial charge in [0, 0.05) is 12.1 Å². The number of nitrogens with one attached hydrogen (secondary N) is 1. The van der Waals surface area contributed by atoms with Crippen LogP contribution >= 0.6 is 22.6 Å². The van der Waals surface area contributed by atoms with E-state index in [1.165, 1.54) is 6.07 Å². The van der Waals surface area contributed by atoms with Gasteiger partial charge in [-0.05, 0) is 22.6 Å².